The lowest BCUT2D eigenvalue weighted by atomic mass is 10.2. The van der Waals surface area contributed by atoms with Crippen LogP contribution in [-0.4, -0.2) is 36.1 Å². The van der Waals surface area contributed by atoms with Gasteiger partial charge in [0, 0.05) is 18.5 Å². The van der Waals surface area contributed by atoms with E-state index in [1.54, 1.807) is 0 Å². The summed E-state index contributed by atoms with van der Waals surface area (Å²) < 4.78 is 0. The highest BCUT2D eigenvalue weighted by atomic mass is 15.1. The molecule has 0 aliphatic carbocycles. The van der Waals surface area contributed by atoms with Crippen LogP contribution >= 0.6 is 0 Å². The molecule has 18 heavy (non-hydrogen) atoms. The molecule has 1 heterocycles. The molecule has 0 bridgehead atoms. The molecular weight excluding hydrogens is 222 g/mol. The highest BCUT2D eigenvalue weighted by molar-refractivity contribution is 5.79. The number of para-hydroxylation sites is 1. The van der Waals surface area contributed by atoms with E-state index >= 15 is 0 Å². The molecule has 3 heteroatoms. The van der Waals surface area contributed by atoms with E-state index in [9.17, 15) is 0 Å². The first-order chi connectivity index (χ1) is 8.83. The Balaban J connectivity index is 1.95. The number of rotatable bonds is 6. The Labute approximate surface area is 109 Å². The van der Waals surface area contributed by atoms with Crippen molar-refractivity contribution in [3.63, 3.8) is 0 Å². The van der Waals surface area contributed by atoms with E-state index in [2.05, 4.69) is 41.2 Å². The monoisotopic (exact) mass is 243 g/mol. The van der Waals surface area contributed by atoms with Crippen LogP contribution in [0.25, 0.3) is 10.9 Å². The van der Waals surface area contributed by atoms with Gasteiger partial charge in [-0.1, -0.05) is 32.0 Å². The van der Waals surface area contributed by atoms with Crippen molar-refractivity contribution in [2.75, 3.05) is 31.5 Å². The quantitative estimate of drug-likeness (QED) is 0.845. The number of aromatic nitrogens is 1. The standard InChI is InChI=1S/C15H21N3/c1-3-18(4-2)12-11-16-15-10-9-13-7-5-6-8-14(13)17-15/h5-10H,3-4,11-12H2,1-2H3,(H,16,17). The molecule has 0 atom stereocenters. The summed E-state index contributed by atoms with van der Waals surface area (Å²) in [6, 6.07) is 12.4. The van der Waals surface area contributed by atoms with Gasteiger partial charge in [0.25, 0.3) is 0 Å². The van der Waals surface area contributed by atoms with Gasteiger partial charge in [-0.3, -0.25) is 0 Å². The van der Waals surface area contributed by atoms with E-state index in [1.165, 1.54) is 5.39 Å². The second-order valence-electron chi connectivity index (χ2n) is 4.34. The molecule has 2 rings (SSSR count). The van der Waals surface area contributed by atoms with Crippen LogP contribution in [0, 0.1) is 0 Å². The summed E-state index contributed by atoms with van der Waals surface area (Å²) in [7, 11) is 0. The molecule has 0 aliphatic rings. The van der Waals surface area contributed by atoms with E-state index in [0.29, 0.717) is 0 Å². The first kappa shape index (κ1) is 12.8. The third-order valence-corrected chi connectivity index (χ3v) is 3.23. The lowest BCUT2D eigenvalue weighted by Crippen LogP contribution is -2.28. The number of nitrogens with one attached hydrogen (secondary N) is 1. The molecule has 1 N–H and O–H groups in total. The van der Waals surface area contributed by atoms with Gasteiger partial charge >= 0.3 is 0 Å². The van der Waals surface area contributed by atoms with Crippen molar-refractivity contribution < 1.29 is 0 Å². The third kappa shape index (κ3) is 3.20. The number of nitrogens with zero attached hydrogens (tertiary/aromatic N) is 2. The van der Waals surface area contributed by atoms with Crippen molar-refractivity contribution in [1.29, 1.82) is 0 Å². The molecule has 0 amide bonds. The number of fused-ring (bicyclic) bond motifs is 1. The predicted octanol–water partition coefficient (Wildman–Crippen LogP) is 2.99. The molecule has 0 fully saturated rings. The molecule has 2 aromatic rings. The topological polar surface area (TPSA) is 28.2 Å². The van der Waals surface area contributed by atoms with Gasteiger partial charge < -0.3 is 10.2 Å². The van der Waals surface area contributed by atoms with Crippen LogP contribution in [0.1, 0.15) is 13.8 Å². The first-order valence-corrected chi connectivity index (χ1v) is 6.65. The zero-order valence-electron chi connectivity index (χ0n) is 11.2. The number of hydrogen-bond donors (Lipinski definition) is 1. The number of hydrogen-bond acceptors (Lipinski definition) is 3. The fourth-order valence-electron chi connectivity index (χ4n) is 2.05. The zero-order chi connectivity index (χ0) is 12.8. The summed E-state index contributed by atoms with van der Waals surface area (Å²) in [5, 5.41) is 4.57. The summed E-state index contributed by atoms with van der Waals surface area (Å²) in [5.74, 6) is 0.959. The summed E-state index contributed by atoms with van der Waals surface area (Å²) in [6.07, 6.45) is 0. The Bertz CT molecular complexity index is 492. The van der Waals surface area contributed by atoms with Crippen LogP contribution in [-0.2, 0) is 0 Å². The lowest BCUT2D eigenvalue weighted by Gasteiger charge is -2.18. The van der Waals surface area contributed by atoms with Gasteiger partial charge in [0.05, 0.1) is 5.52 Å². The number of pyridine rings is 1. The van der Waals surface area contributed by atoms with Gasteiger partial charge in [0.2, 0.25) is 0 Å². The summed E-state index contributed by atoms with van der Waals surface area (Å²) in [4.78, 5) is 6.99. The molecule has 1 aromatic heterocycles. The number of likely N-dealkylation sites (N-methyl/N-ethyl adjacent to an activating group) is 1. The maximum atomic E-state index is 4.59. The van der Waals surface area contributed by atoms with E-state index in [4.69, 9.17) is 0 Å². The molecule has 3 nitrogen and oxygen atoms in total. The lowest BCUT2D eigenvalue weighted by molar-refractivity contribution is 0.316. The molecule has 0 spiro atoms. The van der Waals surface area contributed by atoms with Crippen molar-refractivity contribution >= 4 is 16.7 Å². The van der Waals surface area contributed by atoms with Gasteiger partial charge in [-0.05, 0) is 31.3 Å². The Morgan fingerprint density at radius 1 is 1.06 bits per heavy atom. The zero-order valence-corrected chi connectivity index (χ0v) is 11.2. The van der Waals surface area contributed by atoms with Gasteiger partial charge in [-0.15, -0.1) is 0 Å². The number of anilines is 1. The fraction of sp³-hybridized carbons (Fsp3) is 0.400. The molecular formula is C15H21N3. The summed E-state index contributed by atoms with van der Waals surface area (Å²) in [6.45, 7) is 8.58. The summed E-state index contributed by atoms with van der Waals surface area (Å²) in [5.41, 5.74) is 1.05. The van der Waals surface area contributed by atoms with E-state index in [1.807, 2.05) is 24.3 Å². The minimum Gasteiger partial charge on any atom is -0.369 e. The first-order valence-electron chi connectivity index (χ1n) is 6.65. The van der Waals surface area contributed by atoms with Crippen molar-refractivity contribution in [3.8, 4) is 0 Å². The van der Waals surface area contributed by atoms with Crippen LogP contribution in [0.3, 0.4) is 0 Å². The molecule has 0 saturated carbocycles. The van der Waals surface area contributed by atoms with E-state index in [0.717, 1.165) is 37.5 Å². The normalized spacial score (nSPS) is 11.1. The Kier molecular flexibility index (Phi) is 4.53. The molecule has 0 aliphatic heterocycles. The van der Waals surface area contributed by atoms with Gasteiger partial charge in [-0.25, -0.2) is 4.98 Å². The minimum absolute atomic E-state index is 0.938. The highest BCUT2D eigenvalue weighted by Crippen LogP contribution is 2.14. The predicted molar refractivity (Wildman–Crippen MR) is 78.0 cm³/mol. The Hall–Kier alpha value is -1.61. The van der Waals surface area contributed by atoms with Crippen LogP contribution in [0.15, 0.2) is 36.4 Å². The van der Waals surface area contributed by atoms with Gasteiger partial charge in [0.1, 0.15) is 5.82 Å². The fourth-order valence-corrected chi connectivity index (χ4v) is 2.05. The van der Waals surface area contributed by atoms with Crippen LogP contribution in [0.2, 0.25) is 0 Å². The van der Waals surface area contributed by atoms with E-state index in [-0.39, 0.29) is 0 Å². The van der Waals surface area contributed by atoms with E-state index < -0.39 is 0 Å². The van der Waals surface area contributed by atoms with Gasteiger partial charge in [0.15, 0.2) is 0 Å². The smallest absolute Gasteiger partial charge is 0.126 e. The average molecular weight is 243 g/mol. The maximum Gasteiger partial charge on any atom is 0.126 e. The van der Waals surface area contributed by atoms with Crippen molar-refractivity contribution in [2.45, 2.75) is 13.8 Å². The van der Waals surface area contributed by atoms with Crippen molar-refractivity contribution in [1.82, 2.24) is 9.88 Å². The maximum absolute atomic E-state index is 4.59. The molecule has 0 unspecified atom stereocenters. The largest absolute Gasteiger partial charge is 0.369 e. The second-order valence-corrected chi connectivity index (χ2v) is 4.34. The van der Waals surface area contributed by atoms with Gasteiger partial charge in [-0.2, -0.15) is 0 Å². The van der Waals surface area contributed by atoms with Crippen LogP contribution < -0.4 is 5.32 Å². The summed E-state index contributed by atoms with van der Waals surface area (Å²) >= 11 is 0. The molecule has 0 saturated heterocycles. The molecule has 0 radical (unpaired) electrons. The van der Waals surface area contributed by atoms with Crippen molar-refractivity contribution in [2.24, 2.45) is 0 Å². The Morgan fingerprint density at radius 3 is 2.61 bits per heavy atom. The SMILES string of the molecule is CCN(CC)CCNc1ccc2ccccc2n1. The molecule has 1 aromatic carbocycles. The highest BCUT2D eigenvalue weighted by Gasteiger charge is 2.00. The van der Waals surface area contributed by atoms with Crippen molar-refractivity contribution in [3.05, 3.63) is 36.4 Å². The Morgan fingerprint density at radius 2 is 1.83 bits per heavy atom. The molecule has 96 valence electrons. The van der Waals surface area contributed by atoms with Crippen LogP contribution in [0.4, 0.5) is 5.82 Å². The second kappa shape index (κ2) is 6.36. The average Bonchev–Trinajstić information content (AvgIpc) is 2.43. The number of benzene rings is 1. The minimum atomic E-state index is 0.938. The third-order valence-electron chi connectivity index (χ3n) is 3.23. The van der Waals surface area contributed by atoms with Crippen LogP contribution in [0.5, 0.6) is 0 Å².